The molecule has 9 heteroatoms. The SMILES string of the molecule is Cc1nc(C)n(CC(=O)N2CCC(c3cc(C(=O)N4CCOCC4)c4ccccc4n3)C2)n1. The summed E-state index contributed by atoms with van der Waals surface area (Å²) in [6.45, 7) is 7.42. The van der Waals surface area contributed by atoms with E-state index in [0.717, 1.165) is 28.8 Å². The minimum atomic E-state index is 0.0149. The lowest BCUT2D eigenvalue weighted by Gasteiger charge is -2.27. The molecular formula is C24H28N6O3. The summed E-state index contributed by atoms with van der Waals surface area (Å²) >= 11 is 0. The van der Waals surface area contributed by atoms with Gasteiger partial charge in [-0.3, -0.25) is 14.6 Å². The molecule has 2 saturated heterocycles. The van der Waals surface area contributed by atoms with Gasteiger partial charge >= 0.3 is 0 Å². The van der Waals surface area contributed by atoms with Crippen molar-refractivity contribution in [1.82, 2.24) is 29.5 Å². The van der Waals surface area contributed by atoms with Crippen LogP contribution >= 0.6 is 0 Å². The zero-order valence-corrected chi connectivity index (χ0v) is 19.0. The second-order valence-electron chi connectivity index (χ2n) is 8.71. The topological polar surface area (TPSA) is 93.5 Å². The first kappa shape index (κ1) is 21.5. The maximum absolute atomic E-state index is 13.4. The average Bonchev–Trinajstić information content (AvgIpc) is 3.45. The third-order valence-corrected chi connectivity index (χ3v) is 6.47. The molecule has 0 aliphatic carbocycles. The molecule has 2 aromatic heterocycles. The number of benzene rings is 1. The summed E-state index contributed by atoms with van der Waals surface area (Å²) in [6, 6.07) is 9.71. The van der Waals surface area contributed by atoms with Crippen LogP contribution in [0.5, 0.6) is 0 Å². The van der Waals surface area contributed by atoms with Gasteiger partial charge in [0.25, 0.3) is 5.91 Å². The van der Waals surface area contributed by atoms with E-state index >= 15 is 0 Å². The minimum Gasteiger partial charge on any atom is -0.378 e. The number of amides is 2. The predicted octanol–water partition coefficient (Wildman–Crippen LogP) is 1.93. The van der Waals surface area contributed by atoms with E-state index in [1.807, 2.05) is 54.0 Å². The Morgan fingerprint density at radius 3 is 2.61 bits per heavy atom. The highest BCUT2D eigenvalue weighted by atomic mass is 16.5. The van der Waals surface area contributed by atoms with E-state index in [1.165, 1.54) is 0 Å². The molecule has 1 atom stereocenters. The monoisotopic (exact) mass is 448 g/mol. The number of carbonyl (C=O) groups is 2. The Balaban J connectivity index is 1.38. The van der Waals surface area contributed by atoms with Gasteiger partial charge in [0.1, 0.15) is 18.2 Å². The fourth-order valence-electron chi connectivity index (χ4n) is 4.69. The molecule has 1 unspecified atom stereocenters. The van der Waals surface area contributed by atoms with E-state index in [4.69, 9.17) is 9.72 Å². The van der Waals surface area contributed by atoms with Crippen molar-refractivity contribution in [3.8, 4) is 0 Å². The summed E-state index contributed by atoms with van der Waals surface area (Å²) in [6.07, 6.45) is 0.817. The maximum atomic E-state index is 13.4. The second kappa shape index (κ2) is 8.90. The second-order valence-corrected chi connectivity index (χ2v) is 8.71. The molecule has 5 rings (SSSR count). The van der Waals surface area contributed by atoms with Gasteiger partial charge in [0, 0.05) is 43.2 Å². The number of aromatic nitrogens is 4. The van der Waals surface area contributed by atoms with Gasteiger partial charge in [0.2, 0.25) is 5.91 Å². The van der Waals surface area contributed by atoms with Crippen molar-refractivity contribution in [3.63, 3.8) is 0 Å². The van der Waals surface area contributed by atoms with E-state index in [2.05, 4.69) is 10.1 Å². The number of hydrogen-bond donors (Lipinski definition) is 0. The van der Waals surface area contributed by atoms with Crippen molar-refractivity contribution < 1.29 is 14.3 Å². The van der Waals surface area contributed by atoms with Crippen molar-refractivity contribution in [3.05, 3.63) is 53.2 Å². The van der Waals surface area contributed by atoms with Gasteiger partial charge in [-0.05, 0) is 32.4 Å². The Morgan fingerprint density at radius 2 is 1.85 bits per heavy atom. The fourth-order valence-corrected chi connectivity index (χ4v) is 4.69. The first-order chi connectivity index (χ1) is 16.0. The Kier molecular flexibility index (Phi) is 5.80. The van der Waals surface area contributed by atoms with Crippen molar-refractivity contribution in [1.29, 1.82) is 0 Å². The highest BCUT2D eigenvalue weighted by molar-refractivity contribution is 6.06. The summed E-state index contributed by atoms with van der Waals surface area (Å²) < 4.78 is 7.06. The average molecular weight is 449 g/mol. The number of nitrogens with zero attached hydrogens (tertiary/aromatic N) is 6. The van der Waals surface area contributed by atoms with Crippen LogP contribution in [0, 0.1) is 13.8 Å². The van der Waals surface area contributed by atoms with Crippen LogP contribution in [-0.2, 0) is 16.1 Å². The van der Waals surface area contributed by atoms with Gasteiger partial charge in [-0.25, -0.2) is 9.67 Å². The lowest BCUT2D eigenvalue weighted by Crippen LogP contribution is -2.40. The van der Waals surface area contributed by atoms with Crippen LogP contribution in [-0.4, -0.2) is 80.8 Å². The Morgan fingerprint density at radius 1 is 1.06 bits per heavy atom. The molecular weight excluding hydrogens is 420 g/mol. The number of rotatable bonds is 4. The molecule has 0 spiro atoms. The normalized spacial score (nSPS) is 18.8. The summed E-state index contributed by atoms with van der Waals surface area (Å²) in [5, 5.41) is 5.16. The molecule has 0 N–H and O–H groups in total. The number of fused-ring (bicyclic) bond motifs is 1. The van der Waals surface area contributed by atoms with Gasteiger partial charge < -0.3 is 14.5 Å². The lowest BCUT2D eigenvalue weighted by molar-refractivity contribution is -0.131. The van der Waals surface area contributed by atoms with Crippen LogP contribution in [0.3, 0.4) is 0 Å². The van der Waals surface area contributed by atoms with Crippen molar-refractivity contribution >= 4 is 22.7 Å². The molecule has 172 valence electrons. The number of ether oxygens (including phenoxy) is 1. The number of para-hydroxylation sites is 1. The first-order valence-electron chi connectivity index (χ1n) is 11.4. The van der Waals surface area contributed by atoms with E-state index in [0.29, 0.717) is 50.8 Å². The third kappa shape index (κ3) is 4.32. The van der Waals surface area contributed by atoms with Gasteiger partial charge in [-0.2, -0.15) is 5.10 Å². The molecule has 0 bridgehead atoms. The Bertz CT molecular complexity index is 1200. The molecule has 0 saturated carbocycles. The molecule has 2 fully saturated rings. The quantitative estimate of drug-likeness (QED) is 0.606. The van der Waals surface area contributed by atoms with Crippen LogP contribution < -0.4 is 0 Å². The standard InChI is InChI=1S/C24H28N6O3/c1-16-25-17(2)30(27-16)15-23(31)29-8-7-18(14-29)22-13-20(19-5-3-4-6-21(19)26-22)24(32)28-9-11-33-12-10-28/h3-6,13,18H,7-12,14-15H2,1-2H3. The maximum Gasteiger partial charge on any atom is 0.254 e. The number of aryl methyl sites for hydroxylation is 2. The molecule has 3 aromatic rings. The Labute approximate surface area is 192 Å². The molecule has 1 aromatic carbocycles. The summed E-state index contributed by atoms with van der Waals surface area (Å²) in [4.78, 5) is 39.1. The van der Waals surface area contributed by atoms with Crippen LogP contribution in [0.25, 0.3) is 10.9 Å². The molecule has 2 aliphatic heterocycles. The number of hydrogen-bond acceptors (Lipinski definition) is 6. The van der Waals surface area contributed by atoms with Crippen LogP contribution in [0.4, 0.5) is 0 Å². The van der Waals surface area contributed by atoms with E-state index in [9.17, 15) is 9.59 Å². The molecule has 9 nitrogen and oxygen atoms in total. The molecule has 0 radical (unpaired) electrons. The summed E-state index contributed by atoms with van der Waals surface area (Å²) in [5.41, 5.74) is 2.36. The molecule has 2 aliphatic rings. The number of pyridine rings is 1. The highest BCUT2D eigenvalue weighted by Gasteiger charge is 2.30. The van der Waals surface area contributed by atoms with Crippen molar-refractivity contribution in [2.45, 2.75) is 32.7 Å². The Hall–Kier alpha value is -3.33. The van der Waals surface area contributed by atoms with E-state index in [1.54, 1.807) is 4.68 Å². The zero-order chi connectivity index (χ0) is 22.9. The molecule has 2 amide bonds. The number of morpholine rings is 1. The number of likely N-dealkylation sites (tertiary alicyclic amines) is 1. The predicted molar refractivity (Wildman–Crippen MR) is 122 cm³/mol. The third-order valence-electron chi connectivity index (χ3n) is 6.47. The zero-order valence-electron chi connectivity index (χ0n) is 19.0. The van der Waals surface area contributed by atoms with Gasteiger partial charge in [0.05, 0.1) is 24.3 Å². The summed E-state index contributed by atoms with van der Waals surface area (Å²) in [7, 11) is 0. The van der Waals surface area contributed by atoms with E-state index < -0.39 is 0 Å². The van der Waals surface area contributed by atoms with Crippen LogP contribution in [0.2, 0.25) is 0 Å². The van der Waals surface area contributed by atoms with Crippen LogP contribution in [0.15, 0.2) is 30.3 Å². The minimum absolute atomic E-state index is 0.0149. The van der Waals surface area contributed by atoms with Crippen molar-refractivity contribution in [2.24, 2.45) is 0 Å². The molecule has 4 heterocycles. The highest BCUT2D eigenvalue weighted by Crippen LogP contribution is 2.30. The lowest BCUT2D eigenvalue weighted by atomic mass is 9.99. The van der Waals surface area contributed by atoms with Gasteiger partial charge in [0.15, 0.2) is 0 Å². The van der Waals surface area contributed by atoms with Crippen LogP contribution in [0.1, 0.15) is 40.0 Å². The van der Waals surface area contributed by atoms with Gasteiger partial charge in [-0.15, -0.1) is 0 Å². The number of carbonyl (C=O) groups excluding carboxylic acids is 2. The van der Waals surface area contributed by atoms with E-state index in [-0.39, 0.29) is 24.3 Å². The molecule has 33 heavy (non-hydrogen) atoms. The summed E-state index contributed by atoms with van der Waals surface area (Å²) in [5.74, 6) is 1.53. The largest absolute Gasteiger partial charge is 0.378 e. The smallest absolute Gasteiger partial charge is 0.254 e. The first-order valence-corrected chi connectivity index (χ1v) is 11.4. The van der Waals surface area contributed by atoms with Crippen molar-refractivity contribution in [2.75, 3.05) is 39.4 Å². The van der Waals surface area contributed by atoms with Gasteiger partial charge in [-0.1, -0.05) is 18.2 Å². The fraction of sp³-hybridized carbons (Fsp3) is 0.458.